The number of thiocarbonyl (C=S) groups is 1. The standard InChI is InChI=1S/C24H24ClN3O4S/c1-13-20(22(29)26-18-11-8-14(25)12-19(18)31-2)21(27-24(33)28(13)15-9-10-15)16-6-4-5-7-17(16)23(30)32-3/h4-8,11-12,15,21H,9-10H2,1-3H3,(H,26,29)(H,27,33). The number of esters is 1. The first-order valence-corrected chi connectivity index (χ1v) is 11.3. The van der Waals surface area contributed by atoms with E-state index in [9.17, 15) is 9.59 Å². The number of benzene rings is 2. The predicted octanol–water partition coefficient (Wildman–Crippen LogP) is 4.44. The largest absolute Gasteiger partial charge is 0.495 e. The molecule has 2 aromatic carbocycles. The van der Waals surface area contributed by atoms with Crippen LogP contribution in [0, 0.1) is 0 Å². The summed E-state index contributed by atoms with van der Waals surface area (Å²) in [4.78, 5) is 28.1. The van der Waals surface area contributed by atoms with Crippen molar-refractivity contribution in [2.75, 3.05) is 19.5 Å². The van der Waals surface area contributed by atoms with Crippen molar-refractivity contribution in [3.8, 4) is 5.75 Å². The normalized spacial score (nSPS) is 18.0. The Morgan fingerprint density at radius 3 is 2.58 bits per heavy atom. The van der Waals surface area contributed by atoms with Crippen LogP contribution in [0.3, 0.4) is 0 Å². The molecule has 4 rings (SSSR count). The molecule has 2 aromatic rings. The second-order valence-electron chi connectivity index (χ2n) is 7.86. The summed E-state index contributed by atoms with van der Waals surface area (Å²) in [7, 11) is 2.84. The van der Waals surface area contributed by atoms with Gasteiger partial charge in [0.1, 0.15) is 5.75 Å². The van der Waals surface area contributed by atoms with Crippen molar-refractivity contribution in [3.63, 3.8) is 0 Å². The third-order valence-electron chi connectivity index (χ3n) is 5.77. The molecule has 2 N–H and O–H groups in total. The van der Waals surface area contributed by atoms with Crippen LogP contribution in [0.25, 0.3) is 0 Å². The fraction of sp³-hybridized carbons (Fsp3) is 0.292. The van der Waals surface area contributed by atoms with Gasteiger partial charge in [-0.1, -0.05) is 29.8 Å². The van der Waals surface area contributed by atoms with Crippen molar-refractivity contribution >= 4 is 46.5 Å². The monoisotopic (exact) mass is 485 g/mol. The average molecular weight is 486 g/mol. The van der Waals surface area contributed by atoms with Gasteiger partial charge in [0.15, 0.2) is 5.11 Å². The molecule has 9 heteroatoms. The molecule has 1 atom stereocenters. The molecule has 1 fully saturated rings. The summed E-state index contributed by atoms with van der Waals surface area (Å²) in [5, 5.41) is 7.25. The maximum Gasteiger partial charge on any atom is 0.338 e. The lowest BCUT2D eigenvalue weighted by Crippen LogP contribution is -2.49. The van der Waals surface area contributed by atoms with Gasteiger partial charge in [-0.15, -0.1) is 0 Å². The lowest BCUT2D eigenvalue weighted by atomic mass is 9.90. The van der Waals surface area contributed by atoms with E-state index >= 15 is 0 Å². The Kier molecular flexibility index (Phi) is 6.58. The number of nitrogens with zero attached hydrogens (tertiary/aromatic N) is 1. The van der Waals surface area contributed by atoms with E-state index in [1.54, 1.807) is 36.4 Å². The molecule has 0 spiro atoms. The summed E-state index contributed by atoms with van der Waals surface area (Å²) >= 11 is 11.7. The Labute approximate surface area is 202 Å². The molecule has 0 aromatic heterocycles. The number of anilines is 1. The topological polar surface area (TPSA) is 79.9 Å². The van der Waals surface area contributed by atoms with Crippen LogP contribution < -0.4 is 15.4 Å². The summed E-state index contributed by atoms with van der Waals surface area (Å²) in [6.45, 7) is 1.88. The molecule has 1 aliphatic carbocycles. The van der Waals surface area contributed by atoms with Crippen molar-refractivity contribution in [2.24, 2.45) is 0 Å². The number of amides is 1. The van der Waals surface area contributed by atoms with E-state index in [4.69, 9.17) is 33.3 Å². The van der Waals surface area contributed by atoms with Crippen LogP contribution in [0.4, 0.5) is 5.69 Å². The molecule has 7 nitrogen and oxygen atoms in total. The van der Waals surface area contributed by atoms with Crippen LogP contribution in [-0.4, -0.2) is 42.2 Å². The molecule has 1 aliphatic heterocycles. The van der Waals surface area contributed by atoms with E-state index in [0.717, 1.165) is 18.5 Å². The quantitative estimate of drug-likeness (QED) is 0.462. The number of ether oxygens (including phenoxy) is 2. The maximum atomic E-state index is 13.7. The van der Waals surface area contributed by atoms with E-state index < -0.39 is 12.0 Å². The van der Waals surface area contributed by atoms with Gasteiger partial charge in [-0.3, -0.25) is 4.79 Å². The number of hydrogen-bond donors (Lipinski definition) is 2. The number of allylic oxidation sites excluding steroid dienone is 1. The highest BCUT2D eigenvalue weighted by Crippen LogP contribution is 2.39. The fourth-order valence-corrected chi connectivity index (χ4v) is 4.63. The van der Waals surface area contributed by atoms with Gasteiger partial charge in [0, 0.05) is 22.8 Å². The van der Waals surface area contributed by atoms with Crippen molar-refractivity contribution in [2.45, 2.75) is 31.8 Å². The number of carbonyl (C=O) groups is 2. The number of rotatable bonds is 6. The Balaban J connectivity index is 1.80. The Morgan fingerprint density at radius 1 is 1.18 bits per heavy atom. The van der Waals surface area contributed by atoms with E-state index in [1.807, 2.05) is 17.9 Å². The van der Waals surface area contributed by atoms with Crippen molar-refractivity contribution in [1.82, 2.24) is 10.2 Å². The third kappa shape index (κ3) is 4.54. The van der Waals surface area contributed by atoms with Crippen molar-refractivity contribution < 1.29 is 19.1 Å². The lowest BCUT2D eigenvalue weighted by molar-refractivity contribution is -0.113. The predicted molar refractivity (Wildman–Crippen MR) is 130 cm³/mol. The van der Waals surface area contributed by atoms with Crippen LogP contribution in [-0.2, 0) is 9.53 Å². The molecule has 0 radical (unpaired) electrons. The van der Waals surface area contributed by atoms with E-state index in [2.05, 4.69) is 10.6 Å². The summed E-state index contributed by atoms with van der Waals surface area (Å²) in [5.41, 5.74) is 2.66. The summed E-state index contributed by atoms with van der Waals surface area (Å²) in [6.07, 6.45) is 2.00. The van der Waals surface area contributed by atoms with E-state index in [1.165, 1.54) is 14.2 Å². The SMILES string of the molecule is COC(=O)c1ccccc1C1NC(=S)N(C2CC2)C(C)=C1C(=O)Nc1ccc(Cl)cc1OC. The van der Waals surface area contributed by atoms with Gasteiger partial charge in [-0.05, 0) is 55.7 Å². The zero-order valence-corrected chi connectivity index (χ0v) is 20.0. The van der Waals surface area contributed by atoms with E-state index in [0.29, 0.717) is 38.3 Å². The molecule has 0 saturated heterocycles. The van der Waals surface area contributed by atoms with Crippen molar-refractivity contribution in [1.29, 1.82) is 0 Å². The number of carbonyl (C=O) groups excluding carboxylic acids is 2. The Morgan fingerprint density at radius 2 is 1.91 bits per heavy atom. The minimum atomic E-state index is -0.638. The minimum Gasteiger partial charge on any atom is -0.495 e. The Bertz CT molecular complexity index is 1160. The highest BCUT2D eigenvalue weighted by molar-refractivity contribution is 7.80. The van der Waals surface area contributed by atoms with Gasteiger partial charge in [-0.25, -0.2) is 4.79 Å². The first-order chi connectivity index (χ1) is 15.8. The molecular weight excluding hydrogens is 462 g/mol. The molecule has 1 heterocycles. The highest BCUT2D eigenvalue weighted by atomic mass is 35.5. The lowest BCUT2D eigenvalue weighted by Gasteiger charge is -2.38. The number of methoxy groups -OCH3 is 2. The number of halogens is 1. The molecule has 1 saturated carbocycles. The fourth-order valence-electron chi connectivity index (χ4n) is 4.06. The second kappa shape index (κ2) is 9.41. The van der Waals surface area contributed by atoms with Crippen LogP contribution in [0.1, 0.15) is 41.7 Å². The minimum absolute atomic E-state index is 0.259. The maximum absolute atomic E-state index is 13.7. The average Bonchev–Trinajstić information content (AvgIpc) is 3.64. The van der Waals surface area contributed by atoms with Gasteiger partial charge in [0.05, 0.1) is 37.1 Å². The van der Waals surface area contributed by atoms with Crippen molar-refractivity contribution in [3.05, 3.63) is 69.9 Å². The Hall–Kier alpha value is -3.10. The summed E-state index contributed by atoms with van der Waals surface area (Å²) in [6, 6.07) is 11.6. The van der Waals surface area contributed by atoms with Gasteiger partial charge in [-0.2, -0.15) is 0 Å². The van der Waals surface area contributed by atoms with Gasteiger partial charge in [0.25, 0.3) is 5.91 Å². The number of nitrogens with one attached hydrogen (secondary N) is 2. The number of hydrogen-bond acceptors (Lipinski definition) is 5. The highest BCUT2D eigenvalue weighted by Gasteiger charge is 2.41. The third-order valence-corrected chi connectivity index (χ3v) is 6.32. The molecule has 33 heavy (non-hydrogen) atoms. The second-order valence-corrected chi connectivity index (χ2v) is 8.68. The van der Waals surface area contributed by atoms with Gasteiger partial charge < -0.3 is 25.0 Å². The smallest absolute Gasteiger partial charge is 0.338 e. The van der Waals surface area contributed by atoms with Gasteiger partial charge >= 0.3 is 5.97 Å². The zero-order valence-electron chi connectivity index (χ0n) is 18.5. The zero-order chi connectivity index (χ0) is 23.7. The summed E-state index contributed by atoms with van der Waals surface area (Å²) in [5.74, 6) is -0.378. The molecule has 2 aliphatic rings. The summed E-state index contributed by atoms with van der Waals surface area (Å²) < 4.78 is 10.3. The molecule has 1 amide bonds. The van der Waals surface area contributed by atoms with Crippen LogP contribution in [0.15, 0.2) is 53.7 Å². The van der Waals surface area contributed by atoms with Crippen LogP contribution in [0.2, 0.25) is 5.02 Å². The molecule has 172 valence electrons. The first kappa shape index (κ1) is 23.1. The first-order valence-electron chi connectivity index (χ1n) is 10.5. The molecule has 0 bridgehead atoms. The van der Waals surface area contributed by atoms with E-state index in [-0.39, 0.29) is 11.9 Å². The van der Waals surface area contributed by atoms with Crippen LogP contribution in [0.5, 0.6) is 5.75 Å². The molecular formula is C24H24ClN3O4S. The molecule has 1 unspecified atom stereocenters. The van der Waals surface area contributed by atoms with Crippen LogP contribution >= 0.6 is 23.8 Å². The van der Waals surface area contributed by atoms with Gasteiger partial charge in [0.2, 0.25) is 0 Å².